The Morgan fingerprint density at radius 2 is 2.11 bits per heavy atom. The molecule has 0 N–H and O–H groups in total. The molecule has 6 heteroatoms. The molecule has 0 radical (unpaired) electrons. The van der Waals surface area contributed by atoms with E-state index in [1.807, 2.05) is 0 Å². The molecule has 0 saturated carbocycles. The Morgan fingerprint density at radius 3 is 2.83 bits per heavy atom. The van der Waals surface area contributed by atoms with Crippen LogP contribution in [0.3, 0.4) is 0 Å². The number of nitrogens with zero attached hydrogens (tertiary/aromatic N) is 2. The third-order valence-corrected chi connectivity index (χ3v) is 3.11. The van der Waals surface area contributed by atoms with Crippen molar-refractivity contribution in [1.29, 1.82) is 0 Å². The predicted molar refractivity (Wildman–Crippen MR) is 67.4 cm³/mol. The molecule has 1 fully saturated rings. The molecule has 1 aliphatic heterocycles. The molecule has 0 amide bonds. The SMILES string of the molecule is O=Cc1cc2nc(Cl)cc(N3CCOCC3)c2o1. The fraction of sp³-hybridized carbons (Fsp3) is 0.333. The van der Waals surface area contributed by atoms with Crippen molar-refractivity contribution in [2.24, 2.45) is 0 Å². The van der Waals surface area contributed by atoms with E-state index in [1.54, 1.807) is 12.1 Å². The average Bonchev–Trinajstić information content (AvgIpc) is 2.81. The highest BCUT2D eigenvalue weighted by atomic mass is 35.5. The van der Waals surface area contributed by atoms with Gasteiger partial charge in [-0.15, -0.1) is 0 Å². The van der Waals surface area contributed by atoms with E-state index in [-0.39, 0.29) is 5.76 Å². The second-order valence-corrected chi connectivity index (χ2v) is 4.43. The maximum atomic E-state index is 10.8. The Bertz CT molecular complexity index is 590. The molecule has 3 rings (SSSR count). The zero-order chi connectivity index (χ0) is 12.5. The van der Waals surface area contributed by atoms with E-state index in [1.165, 1.54) is 0 Å². The van der Waals surface area contributed by atoms with Gasteiger partial charge in [-0.25, -0.2) is 4.98 Å². The van der Waals surface area contributed by atoms with Crippen LogP contribution in [0.4, 0.5) is 5.69 Å². The minimum absolute atomic E-state index is 0.259. The summed E-state index contributed by atoms with van der Waals surface area (Å²) in [6, 6.07) is 3.35. The van der Waals surface area contributed by atoms with Gasteiger partial charge in [-0.1, -0.05) is 11.6 Å². The van der Waals surface area contributed by atoms with Gasteiger partial charge >= 0.3 is 0 Å². The van der Waals surface area contributed by atoms with Crippen molar-refractivity contribution < 1.29 is 13.9 Å². The Morgan fingerprint density at radius 1 is 1.33 bits per heavy atom. The molecule has 0 atom stereocenters. The Kier molecular flexibility index (Phi) is 2.93. The molecule has 0 aromatic carbocycles. The first-order valence-corrected chi connectivity index (χ1v) is 6.03. The third kappa shape index (κ3) is 1.95. The predicted octanol–water partition coefficient (Wildman–Crippen LogP) is 2.13. The molecule has 2 aromatic heterocycles. The second kappa shape index (κ2) is 4.59. The van der Waals surface area contributed by atoms with Crippen molar-refractivity contribution >= 4 is 34.7 Å². The lowest BCUT2D eigenvalue weighted by Crippen LogP contribution is -2.36. The number of pyridine rings is 1. The molecule has 1 aliphatic rings. The summed E-state index contributed by atoms with van der Waals surface area (Å²) in [5.41, 5.74) is 2.07. The van der Waals surface area contributed by atoms with Gasteiger partial charge in [-0.05, 0) is 0 Å². The van der Waals surface area contributed by atoms with Crippen molar-refractivity contribution in [2.45, 2.75) is 0 Å². The van der Waals surface area contributed by atoms with Gasteiger partial charge in [0, 0.05) is 25.2 Å². The maximum Gasteiger partial charge on any atom is 0.185 e. The van der Waals surface area contributed by atoms with Crippen LogP contribution in [0.5, 0.6) is 0 Å². The van der Waals surface area contributed by atoms with Crippen LogP contribution >= 0.6 is 11.6 Å². The molecular weight excluding hydrogens is 256 g/mol. The molecule has 5 nitrogen and oxygen atoms in total. The van der Waals surface area contributed by atoms with Gasteiger partial charge in [0.15, 0.2) is 17.6 Å². The normalized spacial score (nSPS) is 16.2. The first-order valence-electron chi connectivity index (χ1n) is 5.66. The fourth-order valence-corrected chi connectivity index (χ4v) is 2.28. The summed E-state index contributed by atoms with van der Waals surface area (Å²) in [7, 11) is 0. The number of carbonyl (C=O) groups is 1. The van der Waals surface area contributed by atoms with Gasteiger partial charge in [0.1, 0.15) is 10.7 Å². The number of carbonyl (C=O) groups excluding carboxylic acids is 1. The smallest absolute Gasteiger partial charge is 0.185 e. The number of halogens is 1. The number of aromatic nitrogens is 1. The zero-order valence-electron chi connectivity index (χ0n) is 9.56. The topological polar surface area (TPSA) is 55.6 Å². The van der Waals surface area contributed by atoms with Crippen molar-refractivity contribution in [3.05, 3.63) is 23.0 Å². The van der Waals surface area contributed by atoms with E-state index in [0.717, 1.165) is 18.8 Å². The molecule has 0 bridgehead atoms. The number of rotatable bonds is 2. The average molecular weight is 267 g/mol. The third-order valence-electron chi connectivity index (χ3n) is 2.92. The minimum Gasteiger partial charge on any atom is -0.449 e. The Labute approximate surface area is 108 Å². The van der Waals surface area contributed by atoms with E-state index in [0.29, 0.717) is 35.8 Å². The number of morpholine rings is 1. The van der Waals surface area contributed by atoms with Gasteiger partial charge in [0.05, 0.1) is 18.9 Å². The molecular formula is C12H11ClN2O3. The van der Waals surface area contributed by atoms with Crippen LogP contribution in [0.25, 0.3) is 11.1 Å². The number of fused-ring (bicyclic) bond motifs is 1. The summed E-state index contributed by atoms with van der Waals surface area (Å²) < 4.78 is 10.8. The summed E-state index contributed by atoms with van der Waals surface area (Å²) in [4.78, 5) is 17.0. The van der Waals surface area contributed by atoms with E-state index < -0.39 is 0 Å². The highest BCUT2D eigenvalue weighted by molar-refractivity contribution is 6.30. The summed E-state index contributed by atoms with van der Waals surface area (Å²) in [5, 5.41) is 0.391. The Balaban J connectivity index is 2.13. The van der Waals surface area contributed by atoms with Gasteiger partial charge in [-0.3, -0.25) is 4.79 Å². The number of hydrogen-bond acceptors (Lipinski definition) is 5. The molecule has 0 unspecified atom stereocenters. The summed E-state index contributed by atoms with van der Waals surface area (Å²) >= 11 is 6.00. The number of anilines is 1. The zero-order valence-corrected chi connectivity index (χ0v) is 10.3. The highest BCUT2D eigenvalue weighted by Gasteiger charge is 2.18. The van der Waals surface area contributed by atoms with Gasteiger partial charge in [-0.2, -0.15) is 0 Å². The monoisotopic (exact) mass is 266 g/mol. The summed E-state index contributed by atoms with van der Waals surface area (Å²) in [6.07, 6.45) is 0.665. The van der Waals surface area contributed by atoms with Crippen molar-refractivity contribution in [1.82, 2.24) is 4.98 Å². The van der Waals surface area contributed by atoms with Gasteiger partial charge in [0.2, 0.25) is 0 Å². The molecule has 1 saturated heterocycles. The Hall–Kier alpha value is -1.59. The lowest BCUT2D eigenvalue weighted by Gasteiger charge is -2.28. The van der Waals surface area contributed by atoms with Crippen LogP contribution in [0.1, 0.15) is 10.6 Å². The van der Waals surface area contributed by atoms with E-state index in [4.69, 9.17) is 20.8 Å². The van der Waals surface area contributed by atoms with Crippen molar-refractivity contribution in [3.63, 3.8) is 0 Å². The quantitative estimate of drug-likeness (QED) is 0.616. The first-order chi connectivity index (χ1) is 8.78. The molecule has 18 heavy (non-hydrogen) atoms. The van der Waals surface area contributed by atoms with E-state index in [9.17, 15) is 4.79 Å². The van der Waals surface area contributed by atoms with Crippen LogP contribution in [0.15, 0.2) is 16.5 Å². The second-order valence-electron chi connectivity index (χ2n) is 4.04. The number of aldehydes is 1. The number of ether oxygens (including phenoxy) is 1. The largest absolute Gasteiger partial charge is 0.449 e. The summed E-state index contributed by atoms with van der Waals surface area (Å²) in [5.74, 6) is 0.259. The van der Waals surface area contributed by atoms with Gasteiger partial charge in [0.25, 0.3) is 0 Å². The fourth-order valence-electron chi connectivity index (χ4n) is 2.09. The van der Waals surface area contributed by atoms with Crippen molar-refractivity contribution in [3.8, 4) is 0 Å². The molecule has 0 aliphatic carbocycles. The van der Waals surface area contributed by atoms with Crippen LogP contribution in [-0.4, -0.2) is 37.6 Å². The minimum atomic E-state index is 0.259. The van der Waals surface area contributed by atoms with Crippen LogP contribution in [-0.2, 0) is 4.74 Å². The number of furan rings is 1. The lowest BCUT2D eigenvalue weighted by molar-refractivity contribution is 0.110. The van der Waals surface area contributed by atoms with Crippen LogP contribution in [0, 0.1) is 0 Å². The molecule has 94 valence electrons. The highest BCUT2D eigenvalue weighted by Crippen LogP contribution is 2.31. The lowest BCUT2D eigenvalue weighted by atomic mass is 10.3. The van der Waals surface area contributed by atoms with Gasteiger partial charge < -0.3 is 14.1 Å². The maximum absolute atomic E-state index is 10.8. The first kappa shape index (κ1) is 11.5. The molecule has 2 aromatic rings. The summed E-state index contributed by atoms with van der Waals surface area (Å²) in [6.45, 7) is 2.88. The van der Waals surface area contributed by atoms with Crippen molar-refractivity contribution in [2.75, 3.05) is 31.2 Å². The standard InChI is InChI=1S/C12H11ClN2O3/c13-11-6-10(15-1-3-17-4-2-15)12-9(14-11)5-8(7-16)18-12/h5-7H,1-4H2. The molecule has 0 spiro atoms. The molecule has 3 heterocycles. The van der Waals surface area contributed by atoms with Crippen LogP contribution < -0.4 is 4.90 Å². The number of hydrogen-bond donors (Lipinski definition) is 0. The van der Waals surface area contributed by atoms with Crippen LogP contribution in [0.2, 0.25) is 5.15 Å². The van der Waals surface area contributed by atoms with E-state index in [2.05, 4.69) is 9.88 Å². The van der Waals surface area contributed by atoms with E-state index >= 15 is 0 Å².